The zero-order chi connectivity index (χ0) is 23.6. The summed E-state index contributed by atoms with van der Waals surface area (Å²) in [6, 6.07) is 16.1. The summed E-state index contributed by atoms with van der Waals surface area (Å²) in [6.45, 7) is 6.42. The second kappa shape index (κ2) is 12.2. The number of tetrazole rings is 1. The molecule has 0 saturated carbocycles. The normalized spacial score (nSPS) is 10.7. The van der Waals surface area contributed by atoms with Crippen molar-refractivity contribution in [2.24, 2.45) is 0 Å². The molecule has 0 spiro atoms. The van der Waals surface area contributed by atoms with E-state index in [1.54, 1.807) is 0 Å². The summed E-state index contributed by atoms with van der Waals surface area (Å²) in [5.41, 5.74) is 4.53. The molecule has 0 aliphatic carbocycles. The molecule has 9 heteroatoms. The van der Waals surface area contributed by atoms with Crippen molar-refractivity contribution in [3.05, 3.63) is 70.8 Å². The second-order valence-electron chi connectivity index (χ2n) is 7.19. The van der Waals surface area contributed by atoms with Crippen molar-refractivity contribution in [3.8, 4) is 22.5 Å². The highest BCUT2D eigenvalue weighted by Crippen LogP contribution is 2.30. The van der Waals surface area contributed by atoms with Gasteiger partial charge in [-0.15, -0.1) is 10.2 Å². The number of H-pyrrole nitrogens is 1. The number of rotatable bonds is 9. The first-order valence-electron chi connectivity index (χ1n) is 11.1. The summed E-state index contributed by atoms with van der Waals surface area (Å²) in [5, 5.41) is 14.6. The molecular weight excluding hydrogens is 443 g/mol. The lowest BCUT2D eigenvalue weighted by Gasteiger charge is -2.12. The molecule has 0 radical (unpaired) electrons. The summed E-state index contributed by atoms with van der Waals surface area (Å²) in [4.78, 5) is 8.29. The van der Waals surface area contributed by atoms with Crippen LogP contribution >= 0.6 is 11.6 Å². The minimum absolute atomic E-state index is 0.228. The summed E-state index contributed by atoms with van der Waals surface area (Å²) in [5.74, 6) is 1.38. The van der Waals surface area contributed by atoms with Crippen molar-refractivity contribution in [2.75, 3.05) is 0 Å². The van der Waals surface area contributed by atoms with Crippen LogP contribution in [0.25, 0.3) is 22.5 Å². The lowest BCUT2D eigenvalue weighted by Crippen LogP contribution is -2.09. The Labute approximate surface area is 197 Å². The molecule has 2 aromatic heterocycles. The highest BCUT2D eigenvalue weighted by molar-refractivity contribution is 6.30. The highest BCUT2D eigenvalue weighted by Gasteiger charge is 2.17. The van der Waals surface area contributed by atoms with Gasteiger partial charge in [-0.05, 0) is 32.9 Å². The van der Waals surface area contributed by atoms with Crippen LogP contribution < -0.4 is 0 Å². The van der Waals surface area contributed by atoms with E-state index in [1.807, 2.05) is 66.9 Å². The minimum Gasteiger partial charge on any atom is -0.324 e. The van der Waals surface area contributed by atoms with E-state index in [9.17, 15) is 4.53 Å². The molecule has 0 aliphatic heterocycles. The number of aromatic nitrogens is 6. The Hall–Kier alpha value is -3.10. The molecule has 2 aromatic carbocycles. The molecule has 4 aromatic rings. The third-order valence-corrected chi connectivity index (χ3v) is 5.47. The van der Waals surface area contributed by atoms with Crippen LogP contribution in [0.2, 0.25) is 5.15 Å². The van der Waals surface area contributed by atoms with Crippen molar-refractivity contribution in [2.45, 2.75) is 53.2 Å². The molecule has 0 saturated heterocycles. The first-order valence-corrected chi connectivity index (χ1v) is 11.5. The molecule has 7 nitrogen and oxygen atoms in total. The summed E-state index contributed by atoms with van der Waals surface area (Å²) in [7, 11) is 0. The fraction of sp³-hybridized carbons (Fsp3) is 0.333. The average Bonchev–Trinajstić information content (AvgIpc) is 3.49. The summed E-state index contributed by atoms with van der Waals surface area (Å²) < 4.78 is 14.6. The van der Waals surface area contributed by atoms with Crippen LogP contribution in [-0.2, 0) is 24.5 Å². The fourth-order valence-electron chi connectivity index (χ4n) is 3.58. The highest BCUT2D eigenvalue weighted by atomic mass is 35.5. The first-order chi connectivity index (χ1) is 16.2. The van der Waals surface area contributed by atoms with Gasteiger partial charge in [-0.25, -0.2) is 4.98 Å². The van der Waals surface area contributed by atoms with Gasteiger partial charge < -0.3 is 4.57 Å². The zero-order valence-electron chi connectivity index (χ0n) is 19.1. The molecule has 174 valence electrons. The quantitative estimate of drug-likeness (QED) is 0.315. The zero-order valence-corrected chi connectivity index (χ0v) is 19.8. The van der Waals surface area contributed by atoms with E-state index in [4.69, 9.17) is 11.6 Å². The fourth-order valence-corrected chi connectivity index (χ4v) is 3.84. The predicted octanol–water partition coefficient (Wildman–Crippen LogP) is 6.20. The Morgan fingerprint density at radius 3 is 2.42 bits per heavy atom. The maximum absolute atomic E-state index is 12.6. The number of nitrogens with zero attached hydrogens (tertiary/aromatic N) is 5. The van der Waals surface area contributed by atoms with E-state index >= 15 is 0 Å². The van der Waals surface area contributed by atoms with Gasteiger partial charge in [0.15, 0.2) is 5.15 Å². The van der Waals surface area contributed by atoms with Crippen LogP contribution in [0.1, 0.15) is 50.7 Å². The van der Waals surface area contributed by atoms with Gasteiger partial charge in [0.1, 0.15) is 12.4 Å². The maximum atomic E-state index is 12.6. The van der Waals surface area contributed by atoms with Crippen molar-refractivity contribution < 1.29 is 9.47 Å². The van der Waals surface area contributed by atoms with Crippen molar-refractivity contribution >= 4 is 11.6 Å². The van der Waals surface area contributed by atoms with Gasteiger partial charge in [0.05, 0.1) is 5.69 Å². The standard InChI is InChI=1S/C22H22ClFN6O.C2H6/c1-2-3-8-20-25-21(23)19(14-31-24)30(20)13-15-9-11-16(12-10-15)17-6-4-5-7-18(17)22-26-28-29-27-22;1-2/h4-7,9-12H,2-3,8,13-14H2,1H3,(H,26,27,28,29);1-2H3. The van der Waals surface area contributed by atoms with Gasteiger partial charge in [0.2, 0.25) is 5.82 Å². The molecule has 0 aliphatic rings. The third-order valence-electron chi connectivity index (χ3n) is 5.17. The molecule has 0 fully saturated rings. The second-order valence-corrected chi connectivity index (χ2v) is 7.54. The van der Waals surface area contributed by atoms with Crippen molar-refractivity contribution in [1.82, 2.24) is 30.2 Å². The summed E-state index contributed by atoms with van der Waals surface area (Å²) in [6.07, 6.45) is 2.79. The predicted molar refractivity (Wildman–Crippen MR) is 127 cm³/mol. The van der Waals surface area contributed by atoms with Gasteiger partial charge in [0, 0.05) is 18.5 Å². The third kappa shape index (κ3) is 5.83. The van der Waals surface area contributed by atoms with Crippen LogP contribution in [0.4, 0.5) is 4.53 Å². The molecule has 4 rings (SSSR count). The molecule has 33 heavy (non-hydrogen) atoms. The first kappa shape index (κ1) is 24.5. The molecule has 0 atom stereocenters. The molecule has 0 unspecified atom stereocenters. The Balaban J connectivity index is 0.00000149. The Bertz CT molecular complexity index is 1130. The van der Waals surface area contributed by atoms with Crippen LogP contribution in [0.3, 0.4) is 0 Å². The maximum Gasteiger partial charge on any atom is 0.205 e. The van der Waals surface area contributed by atoms with E-state index in [0.29, 0.717) is 18.1 Å². The molecule has 0 bridgehead atoms. The number of imidazole rings is 1. The number of benzene rings is 2. The van der Waals surface area contributed by atoms with Crippen molar-refractivity contribution in [1.29, 1.82) is 0 Å². The Kier molecular flexibility index (Phi) is 9.09. The molecule has 0 amide bonds. The van der Waals surface area contributed by atoms with Crippen LogP contribution in [0.5, 0.6) is 0 Å². The van der Waals surface area contributed by atoms with Crippen LogP contribution in [0.15, 0.2) is 48.5 Å². The molecule has 1 N–H and O–H groups in total. The smallest absolute Gasteiger partial charge is 0.205 e. The van der Waals surface area contributed by atoms with Crippen molar-refractivity contribution in [3.63, 3.8) is 0 Å². The Morgan fingerprint density at radius 2 is 1.79 bits per heavy atom. The van der Waals surface area contributed by atoms with Gasteiger partial charge >= 0.3 is 0 Å². The molecular formula is C24H28ClFN6O. The lowest BCUT2D eigenvalue weighted by molar-refractivity contribution is -0.145. The van der Waals surface area contributed by atoms with E-state index in [-0.39, 0.29) is 11.8 Å². The number of aryl methyl sites for hydroxylation is 1. The van der Waals surface area contributed by atoms with Gasteiger partial charge in [-0.1, -0.05) is 87.3 Å². The monoisotopic (exact) mass is 470 g/mol. The SMILES string of the molecule is CC.CCCCc1nc(Cl)c(COF)n1Cc1ccc(-c2ccccc2-c2nn[nH]n2)cc1. The van der Waals surface area contributed by atoms with Crippen LogP contribution in [0, 0.1) is 0 Å². The molecule has 2 heterocycles. The van der Waals surface area contributed by atoms with E-state index < -0.39 is 0 Å². The minimum atomic E-state index is -0.228. The topological polar surface area (TPSA) is 81.5 Å². The number of unbranched alkanes of at least 4 members (excludes halogenated alkanes) is 1. The summed E-state index contributed by atoms with van der Waals surface area (Å²) >= 11 is 6.25. The lowest BCUT2D eigenvalue weighted by atomic mass is 9.98. The van der Waals surface area contributed by atoms with Gasteiger partial charge in [0.25, 0.3) is 0 Å². The van der Waals surface area contributed by atoms with Gasteiger partial charge in [-0.3, -0.25) is 0 Å². The largest absolute Gasteiger partial charge is 0.324 e. The number of aromatic amines is 1. The number of halogens is 2. The van der Waals surface area contributed by atoms with E-state index in [2.05, 4.69) is 37.5 Å². The number of hydrogen-bond acceptors (Lipinski definition) is 5. The average molecular weight is 471 g/mol. The number of hydrogen-bond donors (Lipinski definition) is 1. The van der Waals surface area contributed by atoms with E-state index in [1.165, 1.54) is 0 Å². The van der Waals surface area contributed by atoms with Gasteiger partial charge in [-0.2, -0.15) is 10.2 Å². The van der Waals surface area contributed by atoms with E-state index in [0.717, 1.165) is 47.3 Å². The Morgan fingerprint density at radius 1 is 1.06 bits per heavy atom. The number of nitrogens with one attached hydrogen (secondary N) is 1. The van der Waals surface area contributed by atoms with Crippen LogP contribution in [-0.4, -0.2) is 30.2 Å².